The van der Waals surface area contributed by atoms with Crippen molar-refractivity contribution in [3.05, 3.63) is 43.3 Å². The number of carbonyl (C=O) groups excluding carboxylic acids is 5. The van der Waals surface area contributed by atoms with Gasteiger partial charge >= 0.3 is 43.0 Å². The molecule has 0 radical (unpaired) electrons. The van der Waals surface area contributed by atoms with Gasteiger partial charge in [-0.1, -0.05) is 23.2 Å². The third kappa shape index (κ3) is 16.6. The minimum absolute atomic E-state index is 0. The van der Waals surface area contributed by atoms with E-state index in [-0.39, 0.29) is 85.9 Å². The minimum atomic E-state index is -0.993. The van der Waals surface area contributed by atoms with Gasteiger partial charge in [-0.05, 0) is 111 Å². The van der Waals surface area contributed by atoms with Crippen molar-refractivity contribution < 1.29 is 86.6 Å². The van der Waals surface area contributed by atoms with E-state index in [4.69, 9.17) is 52.0 Å². The van der Waals surface area contributed by atoms with E-state index in [9.17, 15) is 28.8 Å². The zero-order chi connectivity index (χ0) is 48.7. The molecule has 2 atom stereocenters. The summed E-state index contributed by atoms with van der Waals surface area (Å²) in [5.74, 6) is -0.825. The van der Waals surface area contributed by atoms with E-state index >= 15 is 0 Å². The summed E-state index contributed by atoms with van der Waals surface area (Å²) in [5.41, 5.74) is -0.0140. The maximum absolute atomic E-state index is 13.2. The molecule has 3 fully saturated rings. The van der Waals surface area contributed by atoms with Crippen LogP contribution >= 0.6 is 55.1 Å². The number of hydrogen-bond donors (Lipinski definition) is 1. The predicted octanol–water partition coefficient (Wildman–Crippen LogP) is 5.57. The van der Waals surface area contributed by atoms with Gasteiger partial charge in [0, 0.05) is 98.9 Å². The SMILES string of the molecule is C1CCOC1.CC(C)(C)OC(=O)N1CC(CN2C(=O)C(CCC(=O)O)Oc3cc(Br)c(Cl)cc32)C1.COC(=O)CCC1Oc2cc(Br)c(Cl)cc2N(CC2CN(C(=O)OC(C)(C)C)C2)C1=O.[Li+].[OH-]. The molecule has 5 aliphatic heterocycles. The van der Waals surface area contributed by atoms with E-state index in [1.807, 2.05) is 41.5 Å². The van der Waals surface area contributed by atoms with Crippen LogP contribution in [0.2, 0.25) is 10.0 Å². The van der Waals surface area contributed by atoms with Crippen LogP contribution in [0.1, 0.15) is 80.1 Å². The fourth-order valence-electron chi connectivity index (χ4n) is 7.33. The first kappa shape index (κ1) is 58.8. The number of benzene rings is 2. The van der Waals surface area contributed by atoms with Gasteiger partial charge in [0.2, 0.25) is 0 Å². The number of aliphatic carboxylic acids is 1. The quantitative estimate of drug-likeness (QED) is 0.175. The van der Waals surface area contributed by atoms with E-state index < -0.39 is 35.3 Å². The first-order valence-corrected chi connectivity index (χ1v) is 24.0. The van der Waals surface area contributed by atoms with Crippen LogP contribution in [0.4, 0.5) is 21.0 Å². The molecule has 23 heteroatoms. The number of carboxylic acid groups (broad SMARTS) is 1. The summed E-state index contributed by atoms with van der Waals surface area (Å²) in [6.45, 7) is 15.6. The van der Waals surface area contributed by atoms with E-state index in [0.29, 0.717) is 81.1 Å². The molecule has 4 amide bonds. The van der Waals surface area contributed by atoms with Crippen molar-refractivity contribution in [2.45, 2.75) is 103 Å². The number of esters is 1. The van der Waals surface area contributed by atoms with Gasteiger partial charge < -0.3 is 58.6 Å². The van der Waals surface area contributed by atoms with Gasteiger partial charge in [-0.25, -0.2) is 9.59 Å². The van der Waals surface area contributed by atoms with E-state index in [1.165, 1.54) is 20.0 Å². The van der Waals surface area contributed by atoms with Crippen molar-refractivity contribution in [3.8, 4) is 11.5 Å². The summed E-state index contributed by atoms with van der Waals surface area (Å²) >= 11 is 19.2. The Morgan fingerprint density at radius 1 is 0.706 bits per heavy atom. The van der Waals surface area contributed by atoms with Crippen molar-refractivity contribution in [1.82, 2.24) is 9.80 Å². The van der Waals surface area contributed by atoms with E-state index in [2.05, 4.69) is 36.6 Å². The summed E-state index contributed by atoms with van der Waals surface area (Å²) in [6.07, 6.45) is 0.296. The molecule has 2 N–H and O–H groups in total. The second-order valence-corrected chi connectivity index (χ2v) is 21.0. The summed E-state index contributed by atoms with van der Waals surface area (Å²) in [4.78, 5) is 79.4. The minimum Gasteiger partial charge on any atom is -0.870 e. The summed E-state index contributed by atoms with van der Waals surface area (Å²) in [6, 6.07) is 6.73. The molecule has 5 aliphatic rings. The van der Waals surface area contributed by atoms with Crippen molar-refractivity contribution in [2.24, 2.45) is 11.8 Å². The Hall–Kier alpha value is -3.48. The number of amides is 4. The van der Waals surface area contributed by atoms with Gasteiger partial charge in [0.15, 0.2) is 12.2 Å². The Balaban J connectivity index is 0.000000317. The molecule has 0 saturated carbocycles. The molecule has 372 valence electrons. The Morgan fingerprint density at radius 2 is 1.09 bits per heavy atom. The number of carbonyl (C=O) groups is 6. The largest absolute Gasteiger partial charge is 1.00 e. The number of hydrogen-bond acceptors (Lipinski definition) is 13. The number of anilines is 2. The number of carboxylic acids is 1. The molecule has 7 rings (SSSR count). The molecule has 2 aromatic rings. The molecule has 2 aromatic carbocycles. The van der Waals surface area contributed by atoms with Crippen molar-refractivity contribution >= 4 is 102 Å². The van der Waals surface area contributed by atoms with Crippen LogP contribution < -0.4 is 38.1 Å². The topological polar surface area (TPSA) is 221 Å². The van der Waals surface area contributed by atoms with Crippen LogP contribution in [-0.2, 0) is 38.1 Å². The zero-order valence-electron chi connectivity index (χ0n) is 39.6. The molecule has 0 aromatic heterocycles. The number of likely N-dealkylation sites (tertiary alicyclic amines) is 2. The average Bonchev–Trinajstić information content (AvgIpc) is 3.78. The molecule has 18 nitrogen and oxygen atoms in total. The van der Waals surface area contributed by atoms with Crippen LogP contribution in [-0.4, -0.2) is 139 Å². The Labute approximate surface area is 435 Å². The first-order chi connectivity index (χ1) is 30.9. The second-order valence-electron chi connectivity index (χ2n) is 18.4. The third-order valence-corrected chi connectivity index (χ3v) is 13.0. The van der Waals surface area contributed by atoms with Gasteiger partial charge in [-0.3, -0.25) is 19.2 Å². The summed E-state index contributed by atoms with van der Waals surface area (Å²) in [7, 11) is 1.31. The van der Waals surface area contributed by atoms with Gasteiger partial charge in [-0.2, -0.15) is 0 Å². The summed E-state index contributed by atoms with van der Waals surface area (Å²) in [5, 5.41) is 9.86. The van der Waals surface area contributed by atoms with Crippen molar-refractivity contribution in [3.63, 3.8) is 0 Å². The number of halogens is 4. The van der Waals surface area contributed by atoms with E-state index in [0.717, 1.165) is 13.2 Å². The van der Waals surface area contributed by atoms with Crippen LogP contribution in [0.25, 0.3) is 0 Å². The molecule has 0 aliphatic carbocycles. The molecular weight excluding hydrogens is 1060 g/mol. The van der Waals surface area contributed by atoms with Gasteiger partial charge in [0.25, 0.3) is 11.8 Å². The summed E-state index contributed by atoms with van der Waals surface area (Å²) < 4.78 is 33.3. The molecule has 3 saturated heterocycles. The number of methoxy groups -OCH3 is 1. The van der Waals surface area contributed by atoms with Crippen molar-refractivity contribution in [1.29, 1.82) is 0 Å². The fourth-order valence-corrected chi connectivity index (χ4v) is 8.30. The van der Waals surface area contributed by atoms with Gasteiger partial charge in [0.1, 0.15) is 22.7 Å². The molecule has 2 unspecified atom stereocenters. The number of fused-ring (bicyclic) bond motifs is 2. The normalized spacial score (nSPS) is 18.8. The predicted molar refractivity (Wildman–Crippen MR) is 255 cm³/mol. The first-order valence-electron chi connectivity index (χ1n) is 21.7. The molecule has 0 bridgehead atoms. The molecule has 68 heavy (non-hydrogen) atoms. The Bertz CT molecular complexity index is 2120. The van der Waals surface area contributed by atoms with Crippen LogP contribution in [0.5, 0.6) is 11.5 Å². The molecule has 5 heterocycles. The van der Waals surface area contributed by atoms with Crippen LogP contribution in [0.15, 0.2) is 33.2 Å². The third-order valence-electron chi connectivity index (χ3n) is 10.6. The number of ether oxygens (including phenoxy) is 6. The standard InChI is InChI=1S/C21H26BrClN2O6.C20H24BrClN2O6.C4H8O.Li.H2O/c1-21(2,3)31-20(28)24-9-12(10-24)11-25-15-8-14(23)13(22)7-17(15)30-16(19(25)27)5-6-18(26)29-4;1-20(2,3)30-19(28)23-8-11(9-23)10-24-14-7-13(22)12(21)6-16(14)29-15(18(24)27)4-5-17(25)26;1-2-4-5-3-1;;/h7-8,12,16H,5-6,9-11H2,1-4H3;6-7,11,15H,4-5,8-10H2,1-3H3,(H,25,26);1-4H2;;1H2/q;;;+1;/p-1. The van der Waals surface area contributed by atoms with Crippen LogP contribution in [0.3, 0.4) is 0 Å². The van der Waals surface area contributed by atoms with Crippen molar-refractivity contribution in [2.75, 3.05) is 69.4 Å². The monoisotopic (exact) mass is 1110 g/mol. The van der Waals surface area contributed by atoms with Crippen LogP contribution in [0, 0.1) is 11.8 Å². The zero-order valence-corrected chi connectivity index (χ0v) is 44.3. The second kappa shape index (κ2) is 25.6. The smallest absolute Gasteiger partial charge is 0.870 e. The Morgan fingerprint density at radius 3 is 1.41 bits per heavy atom. The van der Waals surface area contributed by atoms with Gasteiger partial charge in [0.05, 0.1) is 28.5 Å². The average molecular weight is 1120 g/mol. The molecular formula is C45H59Br2Cl2LiN4O14. The molecule has 0 spiro atoms. The van der Waals surface area contributed by atoms with E-state index in [1.54, 1.807) is 43.9 Å². The van der Waals surface area contributed by atoms with Gasteiger partial charge in [-0.15, -0.1) is 0 Å². The number of nitrogens with zero attached hydrogens (tertiary/aromatic N) is 4. The number of rotatable bonds is 10. The Kier molecular flexibility index (Phi) is 22.1. The maximum Gasteiger partial charge on any atom is 1.00 e. The maximum atomic E-state index is 13.2. The fraction of sp³-hybridized carbons (Fsp3) is 0.600.